The summed E-state index contributed by atoms with van der Waals surface area (Å²) in [6.45, 7) is 11.7. The Labute approximate surface area is 172 Å². The van der Waals surface area contributed by atoms with Gasteiger partial charge in [0.25, 0.3) is 0 Å². The van der Waals surface area contributed by atoms with Crippen molar-refractivity contribution in [3.05, 3.63) is 35.4 Å². The standard InChI is InChI=1S/C21H32ClNO5/c1-14(8-7-9-15(2)22)18(24)17(19(25)27-6)16-10-12-23(13-11-16)20(26)28-21(3,4)5/h7-9,16-18,24H,2,10-13H2,1,3-6H3/b9-7-,14-8+. The second-order valence-corrected chi connectivity index (χ2v) is 8.50. The Kier molecular flexibility index (Phi) is 9.24. The van der Waals surface area contributed by atoms with Crippen molar-refractivity contribution in [2.75, 3.05) is 20.2 Å². The zero-order chi connectivity index (χ0) is 21.5. The van der Waals surface area contributed by atoms with Gasteiger partial charge in [0.15, 0.2) is 0 Å². The molecule has 1 amide bonds. The summed E-state index contributed by atoms with van der Waals surface area (Å²) < 4.78 is 10.3. The molecule has 6 nitrogen and oxygen atoms in total. The van der Waals surface area contributed by atoms with Gasteiger partial charge >= 0.3 is 12.1 Å². The number of piperidine rings is 1. The summed E-state index contributed by atoms with van der Waals surface area (Å²) >= 11 is 5.69. The highest BCUT2D eigenvalue weighted by Gasteiger charge is 2.39. The molecule has 1 fully saturated rings. The van der Waals surface area contributed by atoms with E-state index in [0.717, 1.165) is 0 Å². The molecule has 0 bridgehead atoms. The molecule has 1 aliphatic heterocycles. The van der Waals surface area contributed by atoms with Crippen LogP contribution in [0.3, 0.4) is 0 Å². The molecular formula is C21H32ClNO5. The molecule has 1 saturated heterocycles. The van der Waals surface area contributed by atoms with E-state index < -0.39 is 23.6 Å². The summed E-state index contributed by atoms with van der Waals surface area (Å²) in [5.41, 5.74) is 0.0711. The van der Waals surface area contributed by atoms with Gasteiger partial charge in [-0.25, -0.2) is 4.79 Å². The topological polar surface area (TPSA) is 76.1 Å². The third-order valence-corrected chi connectivity index (χ3v) is 4.74. The van der Waals surface area contributed by atoms with E-state index in [2.05, 4.69) is 6.58 Å². The highest BCUT2D eigenvalue weighted by Crippen LogP contribution is 2.31. The minimum Gasteiger partial charge on any atom is -0.469 e. The number of carbonyl (C=O) groups is 2. The van der Waals surface area contributed by atoms with Crippen molar-refractivity contribution in [1.29, 1.82) is 0 Å². The number of hydrogen-bond donors (Lipinski definition) is 1. The molecule has 1 N–H and O–H groups in total. The summed E-state index contributed by atoms with van der Waals surface area (Å²) in [7, 11) is 1.31. The molecule has 0 aromatic heterocycles. The fraction of sp³-hybridized carbons (Fsp3) is 0.619. The highest BCUT2D eigenvalue weighted by molar-refractivity contribution is 6.30. The van der Waals surface area contributed by atoms with E-state index in [1.54, 1.807) is 30.1 Å². The molecular weight excluding hydrogens is 382 g/mol. The number of ether oxygens (including phenoxy) is 2. The molecule has 2 unspecified atom stereocenters. The Hall–Kier alpha value is -1.79. The van der Waals surface area contributed by atoms with Crippen LogP contribution in [0.4, 0.5) is 4.79 Å². The largest absolute Gasteiger partial charge is 0.469 e. The molecule has 1 aliphatic rings. The van der Waals surface area contributed by atoms with Gasteiger partial charge in [0.2, 0.25) is 0 Å². The van der Waals surface area contributed by atoms with Crippen molar-refractivity contribution in [3.63, 3.8) is 0 Å². The fourth-order valence-electron chi connectivity index (χ4n) is 3.17. The van der Waals surface area contributed by atoms with E-state index in [1.165, 1.54) is 7.11 Å². The van der Waals surface area contributed by atoms with Crippen molar-refractivity contribution in [1.82, 2.24) is 4.90 Å². The molecule has 28 heavy (non-hydrogen) atoms. The van der Waals surface area contributed by atoms with Crippen LogP contribution in [0, 0.1) is 11.8 Å². The first-order valence-corrected chi connectivity index (χ1v) is 9.77. The Morgan fingerprint density at radius 2 is 1.86 bits per heavy atom. The van der Waals surface area contributed by atoms with Crippen LogP contribution in [0.25, 0.3) is 0 Å². The lowest BCUT2D eigenvalue weighted by Gasteiger charge is -2.37. The third kappa shape index (κ3) is 7.68. The summed E-state index contributed by atoms with van der Waals surface area (Å²) in [5, 5.41) is 11.1. The molecule has 7 heteroatoms. The maximum absolute atomic E-state index is 12.4. The first-order valence-electron chi connectivity index (χ1n) is 9.39. The minimum absolute atomic E-state index is 0.101. The van der Waals surface area contributed by atoms with Crippen LogP contribution in [-0.4, -0.2) is 54.0 Å². The number of esters is 1. The lowest BCUT2D eigenvalue weighted by molar-refractivity contribution is -0.152. The van der Waals surface area contributed by atoms with E-state index in [1.807, 2.05) is 20.8 Å². The van der Waals surface area contributed by atoms with Crippen molar-refractivity contribution in [3.8, 4) is 0 Å². The number of likely N-dealkylation sites (tertiary alicyclic amines) is 1. The van der Waals surface area contributed by atoms with E-state index in [-0.39, 0.29) is 12.0 Å². The van der Waals surface area contributed by atoms with Crippen LogP contribution in [-0.2, 0) is 14.3 Å². The number of allylic oxidation sites excluding steroid dienone is 4. The van der Waals surface area contributed by atoms with Gasteiger partial charge in [0.05, 0.1) is 19.1 Å². The lowest BCUT2D eigenvalue weighted by Crippen LogP contribution is -2.46. The Morgan fingerprint density at radius 3 is 2.32 bits per heavy atom. The zero-order valence-corrected chi connectivity index (χ0v) is 18.2. The van der Waals surface area contributed by atoms with E-state index in [0.29, 0.717) is 36.5 Å². The van der Waals surface area contributed by atoms with Crippen molar-refractivity contribution >= 4 is 23.7 Å². The second kappa shape index (κ2) is 10.7. The summed E-state index contributed by atoms with van der Waals surface area (Å²) in [5.74, 6) is -1.26. The number of rotatable bonds is 6. The Morgan fingerprint density at radius 1 is 1.29 bits per heavy atom. The molecule has 0 aromatic carbocycles. The van der Waals surface area contributed by atoms with Crippen LogP contribution in [0.2, 0.25) is 0 Å². The van der Waals surface area contributed by atoms with E-state index in [9.17, 15) is 14.7 Å². The fourth-order valence-corrected chi connectivity index (χ4v) is 3.24. The first kappa shape index (κ1) is 24.2. The average molecular weight is 414 g/mol. The van der Waals surface area contributed by atoms with Crippen LogP contribution in [0.15, 0.2) is 35.4 Å². The van der Waals surface area contributed by atoms with Gasteiger partial charge in [-0.05, 0) is 58.1 Å². The number of methoxy groups -OCH3 is 1. The number of carbonyl (C=O) groups excluding carboxylic acids is 2. The maximum Gasteiger partial charge on any atom is 0.410 e. The van der Waals surface area contributed by atoms with Crippen LogP contribution >= 0.6 is 11.6 Å². The average Bonchev–Trinajstić information content (AvgIpc) is 2.60. The smallest absolute Gasteiger partial charge is 0.410 e. The second-order valence-electron chi connectivity index (χ2n) is 8.02. The number of hydrogen-bond acceptors (Lipinski definition) is 5. The van der Waals surface area contributed by atoms with Crippen LogP contribution in [0.1, 0.15) is 40.5 Å². The minimum atomic E-state index is -0.987. The van der Waals surface area contributed by atoms with Crippen LogP contribution < -0.4 is 0 Å². The van der Waals surface area contributed by atoms with Gasteiger partial charge in [-0.15, -0.1) is 0 Å². The molecule has 0 aliphatic carbocycles. The molecule has 1 heterocycles. The first-order chi connectivity index (χ1) is 13.0. The molecule has 0 spiro atoms. The molecule has 1 rings (SSSR count). The van der Waals surface area contributed by atoms with Crippen molar-refractivity contribution in [2.24, 2.45) is 11.8 Å². The summed E-state index contributed by atoms with van der Waals surface area (Å²) in [6, 6.07) is 0. The molecule has 0 aromatic rings. The van der Waals surface area contributed by atoms with Gasteiger partial charge in [0, 0.05) is 18.1 Å². The molecule has 158 valence electrons. The predicted molar refractivity (Wildman–Crippen MR) is 110 cm³/mol. The van der Waals surface area contributed by atoms with E-state index >= 15 is 0 Å². The maximum atomic E-state index is 12.4. The van der Waals surface area contributed by atoms with Crippen molar-refractivity contribution in [2.45, 2.75) is 52.2 Å². The van der Waals surface area contributed by atoms with Gasteiger partial charge in [-0.2, -0.15) is 0 Å². The highest BCUT2D eigenvalue weighted by atomic mass is 35.5. The Bertz CT molecular complexity index is 627. The number of amides is 1. The normalized spacial score (nSPS) is 18.7. The number of aliphatic hydroxyl groups excluding tert-OH is 1. The van der Waals surface area contributed by atoms with Gasteiger partial charge in [-0.1, -0.05) is 30.3 Å². The summed E-state index contributed by atoms with van der Waals surface area (Å²) in [6.07, 6.45) is 4.79. The lowest BCUT2D eigenvalue weighted by atomic mass is 9.79. The quantitative estimate of drug-likeness (QED) is 0.525. The van der Waals surface area contributed by atoms with Crippen LogP contribution in [0.5, 0.6) is 0 Å². The third-order valence-electron chi connectivity index (χ3n) is 4.62. The Balaban J connectivity index is 2.83. The summed E-state index contributed by atoms with van der Waals surface area (Å²) in [4.78, 5) is 26.2. The van der Waals surface area contributed by atoms with Crippen molar-refractivity contribution < 1.29 is 24.2 Å². The predicted octanol–water partition coefficient (Wildman–Crippen LogP) is 4.04. The van der Waals surface area contributed by atoms with Gasteiger partial charge < -0.3 is 19.5 Å². The monoisotopic (exact) mass is 413 g/mol. The number of aliphatic hydroxyl groups is 1. The zero-order valence-electron chi connectivity index (χ0n) is 17.4. The van der Waals surface area contributed by atoms with Gasteiger partial charge in [-0.3, -0.25) is 4.79 Å². The molecule has 0 saturated carbocycles. The number of nitrogens with zero attached hydrogens (tertiary/aromatic N) is 1. The van der Waals surface area contributed by atoms with Gasteiger partial charge in [0.1, 0.15) is 5.60 Å². The van der Waals surface area contributed by atoms with E-state index in [4.69, 9.17) is 21.1 Å². The SMILES string of the molecule is C=C(Cl)/C=C\C=C(/C)C(O)C(C(=O)OC)C1CCN(C(=O)OC(C)(C)C)CC1. The molecule has 2 atom stereocenters. The molecule has 0 radical (unpaired) electrons. The number of halogens is 1.